The summed E-state index contributed by atoms with van der Waals surface area (Å²) in [7, 11) is 1.77. The molecule has 186 valence electrons. The molecule has 1 aromatic carbocycles. The number of hydrogen-bond acceptors (Lipinski definition) is 9. The maximum atomic E-state index is 13.2. The number of carbonyl (C=O) groups excluding carboxylic acids is 3. The molecule has 4 rings (SSSR count). The summed E-state index contributed by atoms with van der Waals surface area (Å²) in [5.41, 5.74) is 10.4. The van der Waals surface area contributed by atoms with E-state index in [9.17, 15) is 24.3 Å². The lowest BCUT2D eigenvalue weighted by Gasteiger charge is -2.56. The SMILES string of the molecule is Cn1cnnc1SCC1(C(=O)O)CS[C@@H]2C(N(C(=O)CN)c3ccc(NC(N)=O)cc3)C(=O)N2C1. The van der Waals surface area contributed by atoms with E-state index in [4.69, 9.17) is 11.5 Å². The molecule has 2 aliphatic heterocycles. The molecular weight excluding hydrogens is 496 g/mol. The van der Waals surface area contributed by atoms with Gasteiger partial charge in [-0.3, -0.25) is 19.3 Å². The third kappa shape index (κ3) is 4.66. The summed E-state index contributed by atoms with van der Waals surface area (Å²) in [4.78, 5) is 52.2. The van der Waals surface area contributed by atoms with Crippen LogP contribution in [0, 0.1) is 5.41 Å². The molecule has 2 aliphatic rings. The summed E-state index contributed by atoms with van der Waals surface area (Å²) in [6.45, 7) is -0.290. The Morgan fingerprint density at radius 1 is 1.34 bits per heavy atom. The molecule has 13 nitrogen and oxygen atoms in total. The molecule has 2 fully saturated rings. The maximum Gasteiger partial charge on any atom is 0.316 e. The molecule has 1 aromatic heterocycles. The summed E-state index contributed by atoms with van der Waals surface area (Å²) < 4.78 is 1.70. The van der Waals surface area contributed by atoms with Gasteiger partial charge in [0.25, 0.3) is 0 Å². The van der Waals surface area contributed by atoms with E-state index in [2.05, 4.69) is 15.5 Å². The van der Waals surface area contributed by atoms with Gasteiger partial charge in [-0.25, -0.2) is 4.79 Å². The minimum absolute atomic E-state index is 0.0201. The second-order valence-electron chi connectivity index (χ2n) is 8.22. The van der Waals surface area contributed by atoms with Crippen LogP contribution in [0.1, 0.15) is 0 Å². The van der Waals surface area contributed by atoms with Crippen LogP contribution < -0.4 is 21.7 Å². The molecule has 0 bridgehead atoms. The number of nitrogens with two attached hydrogens (primary N) is 2. The van der Waals surface area contributed by atoms with Crippen LogP contribution in [-0.4, -0.2) is 84.6 Å². The van der Waals surface area contributed by atoms with Crippen molar-refractivity contribution in [2.75, 3.05) is 34.8 Å². The van der Waals surface area contributed by atoms with Gasteiger partial charge in [-0.1, -0.05) is 11.8 Å². The molecule has 3 heterocycles. The zero-order valence-corrected chi connectivity index (χ0v) is 20.3. The Morgan fingerprint density at radius 3 is 2.63 bits per heavy atom. The van der Waals surface area contributed by atoms with Gasteiger partial charge in [-0.2, -0.15) is 0 Å². The van der Waals surface area contributed by atoms with Crippen molar-refractivity contribution in [2.45, 2.75) is 16.6 Å². The number of primary amides is 1. The number of aromatic nitrogens is 3. The van der Waals surface area contributed by atoms with Gasteiger partial charge in [0, 0.05) is 36.5 Å². The number of benzene rings is 1. The van der Waals surface area contributed by atoms with E-state index in [1.54, 1.807) is 35.9 Å². The first kappa shape index (κ1) is 24.8. The Bertz CT molecular complexity index is 1160. The fourth-order valence-corrected chi connectivity index (χ4v) is 6.79. The molecule has 2 aromatic rings. The van der Waals surface area contributed by atoms with Crippen LogP contribution in [0.3, 0.4) is 0 Å². The molecule has 15 heteroatoms. The monoisotopic (exact) mass is 520 g/mol. The highest BCUT2D eigenvalue weighted by Gasteiger charge is 2.59. The number of hydrogen-bond donors (Lipinski definition) is 4. The van der Waals surface area contributed by atoms with Crippen molar-refractivity contribution in [2.24, 2.45) is 23.9 Å². The highest BCUT2D eigenvalue weighted by atomic mass is 32.2. The zero-order chi connectivity index (χ0) is 25.3. The van der Waals surface area contributed by atoms with E-state index in [0.29, 0.717) is 16.5 Å². The van der Waals surface area contributed by atoms with Crippen molar-refractivity contribution in [3.8, 4) is 0 Å². The predicted octanol–water partition coefficient (Wildman–Crippen LogP) is -0.256. The Balaban J connectivity index is 1.52. The second kappa shape index (κ2) is 9.75. The molecule has 35 heavy (non-hydrogen) atoms. The van der Waals surface area contributed by atoms with Crippen LogP contribution in [0.25, 0.3) is 0 Å². The second-order valence-corrected chi connectivity index (χ2v) is 10.3. The minimum atomic E-state index is -1.18. The van der Waals surface area contributed by atoms with E-state index >= 15 is 0 Å². The van der Waals surface area contributed by atoms with Crippen molar-refractivity contribution in [3.05, 3.63) is 30.6 Å². The van der Waals surface area contributed by atoms with E-state index in [0.717, 1.165) is 0 Å². The van der Waals surface area contributed by atoms with Gasteiger partial charge in [0.05, 0.1) is 6.54 Å². The summed E-state index contributed by atoms with van der Waals surface area (Å²) in [5.74, 6) is -1.33. The van der Waals surface area contributed by atoms with Gasteiger partial charge in [-0.05, 0) is 24.3 Å². The number of urea groups is 1. The quantitative estimate of drug-likeness (QED) is 0.266. The number of carboxylic acid groups (broad SMARTS) is 1. The van der Waals surface area contributed by atoms with Gasteiger partial charge >= 0.3 is 12.0 Å². The fourth-order valence-electron chi connectivity index (χ4n) is 4.00. The Hall–Kier alpha value is -3.30. The average Bonchev–Trinajstić information content (AvgIpc) is 3.25. The normalized spacial score (nSPS) is 23.3. The molecule has 3 atom stereocenters. The number of anilines is 2. The first-order valence-corrected chi connectivity index (χ1v) is 12.5. The lowest BCUT2D eigenvalue weighted by Crippen LogP contribution is -2.75. The van der Waals surface area contributed by atoms with Gasteiger partial charge in [0.1, 0.15) is 23.2 Å². The number of nitrogens with zero attached hydrogens (tertiary/aromatic N) is 5. The van der Waals surface area contributed by atoms with Crippen molar-refractivity contribution in [1.29, 1.82) is 0 Å². The molecule has 2 unspecified atom stereocenters. The molecular formula is C20H24N8O5S2. The van der Waals surface area contributed by atoms with Gasteiger partial charge in [-0.15, -0.1) is 22.0 Å². The Morgan fingerprint density at radius 2 is 2.06 bits per heavy atom. The van der Waals surface area contributed by atoms with Gasteiger partial charge < -0.3 is 31.4 Å². The molecule has 4 amide bonds. The third-order valence-electron chi connectivity index (χ3n) is 5.85. The van der Waals surface area contributed by atoms with Crippen molar-refractivity contribution in [1.82, 2.24) is 19.7 Å². The highest BCUT2D eigenvalue weighted by molar-refractivity contribution is 8.00. The summed E-state index contributed by atoms with van der Waals surface area (Å²) in [5, 5.41) is 20.4. The molecule has 0 aliphatic carbocycles. The topological polar surface area (TPSA) is 190 Å². The summed E-state index contributed by atoms with van der Waals surface area (Å²) in [6.07, 6.45) is 1.53. The number of rotatable bonds is 8. The lowest BCUT2D eigenvalue weighted by molar-refractivity contribution is -0.156. The van der Waals surface area contributed by atoms with E-state index in [-0.39, 0.29) is 30.5 Å². The molecule has 0 spiro atoms. The number of thioether (sulfide) groups is 2. The van der Waals surface area contributed by atoms with Crippen LogP contribution in [0.2, 0.25) is 0 Å². The van der Waals surface area contributed by atoms with E-state index in [1.165, 1.54) is 39.7 Å². The molecule has 0 radical (unpaired) electrons. The van der Waals surface area contributed by atoms with Crippen LogP contribution in [0.5, 0.6) is 0 Å². The molecule has 6 N–H and O–H groups in total. The minimum Gasteiger partial charge on any atom is -0.481 e. The number of carbonyl (C=O) groups is 4. The van der Waals surface area contributed by atoms with E-state index < -0.39 is 34.7 Å². The van der Waals surface area contributed by atoms with Crippen molar-refractivity contribution in [3.63, 3.8) is 0 Å². The third-order valence-corrected chi connectivity index (χ3v) is 8.75. The number of aliphatic carboxylic acids is 1. The Labute approximate surface area is 208 Å². The fraction of sp³-hybridized carbons (Fsp3) is 0.400. The standard InChI is InChI=1S/C20H24N8O5S2/c1-26-10-23-25-19(26)35-9-20(17(31)32)7-27-15(30)14(16(27)34-8-20)28(13(29)6-21)12-4-2-11(3-5-12)24-18(22)33/h2-5,10,14,16H,6-9,21H2,1H3,(H,31,32)(H3,22,24,33)/t14?,16-,20?/m1/s1. The van der Waals surface area contributed by atoms with Gasteiger partial charge in [0.2, 0.25) is 11.8 Å². The maximum absolute atomic E-state index is 13.2. The predicted molar refractivity (Wildman–Crippen MR) is 130 cm³/mol. The lowest BCUT2D eigenvalue weighted by atomic mass is 9.89. The van der Waals surface area contributed by atoms with E-state index in [1.807, 2.05) is 0 Å². The number of aryl methyl sites for hydroxylation is 1. The molecule has 2 saturated heterocycles. The van der Waals surface area contributed by atoms with Crippen LogP contribution in [-0.2, 0) is 21.4 Å². The van der Waals surface area contributed by atoms with Crippen LogP contribution in [0.15, 0.2) is 35.7 Å². The number of amides is 4. The first-order valence-electron chi connectivity index (χ1n) is 10.5. The largest absolute Gasteiger partial charge is 0.481 e. The first-order chi connectivity index (χ1) is 16.7. The number of nitrogens with one attached hydrogen (secondary N) is 1. The highest BCUT2D eigenvalue weighted by Crippen LogP contribution is 2.46. The zero-order valence-electron chi connectivity index (χ0n) is 18.7. The van der Waals surface area contributed by atoms with Crippen LogP contribution >= 0.6 is 23.5 Å². The smallest absolute Gasteiger partial charge is 0.316 e. The average molecular weight is 521 g/mol. The number of fused-ring (bicyclic) bond motifs is 1. The Kier molecular flexibility index (Phi) is 6.91. The van der Waals surface area contributed by atoms with Crippen molar-refractivity contribution < 1.29 is 24.3 Å². The summed E-state index contributed by atoms with van der Waals surface area (Å²) >= 11 is 2.60. The summed E-state index contributed by atoms with van der Waals surface area (Å²) in [6, 6.07) is 4.75. The van der Waals surface area contributed by atoms with Crippen molar-refractivity contribution >= 4 is 58.7 Å². The number of carboxylic acids is 1. The molecule has 0 saturated carbocycles. The van der Waals surface area contributed by atoms with Gasteiger partial charge in [0.15, 0.2) is 5.16 Å². The number of β-lactam (4-membered cyclic amide) rings is 1. The van der Waals surface area contributed by atoms with Crippen LogP contribution in [0.4, 0.5) is 16.2 Å².